The molecule has 2 rings (SSSR count). The number of halogens is 2. The highest BCUT2D eigenvalue weighted by Gasteiger charge is 2.69. The SMILES string of the molecule is CC1(C)S[C@H]2N(C(=O)C2(I)I)[C@H]1C(=O)O. The number of thioether (sulfide) groups is 1. The number of carbonyl (C=O) groups excluding carboxylic acids is 1. The summed E-state index contributed by atoms with van der Waals surface area (Å²) in [6, 6.07) is -0.697. The third-order valence-corrected chi connectivity index (χ3v) is 7.25. The van der Waals surface area contributed by atoms with E-state index in [0.29, 0.717) is 0 Å². The summed E-state index contributed by atoms with van der Waals surface area (Å²) in [4.78, 5) is 24.5. The quantitative estimate of drug-likeness (QED) is 0.374. The van der Waals surface area contributed by atoms with Crippen molar-refractivity contribution in [2.75, 3.05) is 0 Å². The zero-order valence-electron chi connectivity index (χ0n) is 8.03. The van der Waals surface area contributed by atoms with Crippen molar-refractivity contribution in [3.63, 3.8) is 0 Å². The van der Waals surface area contributed by atoms with Crippen molar-refractivity contribution >= 4 is 68.8 Å². The van der Waals surface area contributed by atoms with Gasteiger partial charge in [-0.25, -0.2) is 4.79 Å². The van der Waals surface area contributed by atoms with E-state index in [9.17, 15) is 9.59 Å². The Morgan fingerprint density at radius 1 is 1.53 bits per heavy atom. The Kier molecular flexibility index (Phi) is 2.75. The number of hydrogen-bond acceptors (Lipinski definition) is 3. The molecule has 0 aliphatic carbocycles. The Balaban J connectivity index is 2.37. The van der Waals surface area contributed by atoms with Crippen molar-refractivity contribution in [1.29, 1.82) is 0 Å². The summed E-state index contributed by atoms with van der Waals surface area (Å²) < 4.78 is -0.883. The molecule has 2 fully saturated rings. The summed E-state index contributed by atoms with van der Waals surface area (Å²) in [5.41, 5.74) is 0. The predicted molar refractivity (Wildman–Crippen MR) is 74.5 cm³/mol. The van der Waals surface area contributed by atoms with E-state index in [0.717, 1.165) is 0 Å². The van der Waals surface area contributed by atoms with Gasteiger partial charge in [0.1, 0.15) is 11.4 Å². The Labute approximate surface area is 119 Å². The Morgan fingerprint density at radius 3 is 2.53 bits per heavy atom. The van der Waals surface area contributed by atoms with Gasteiger partial charge >= 0.3 is 5.97 Å². The van der Waals surface area contributed by atoms with E-state index in [-0.39, 0.29) is 11.3 Å². The molecule has 0 saturated carbocycles. The van der Waals surface area contributed by atoms with E-state index in [1.54, 1.807) is 11.8 Å². The fourth-order valence-electron chi connectivity index (χ4n) is 1.98. The van der Waals surface area contributed by atoms with Gasteiger partial charge in [-0.05, 0) is 13.8 Å². The number of nitrogens with zero attached hydrogens (tertiary/aromatic N) is 1. The van der Waals surface area contributed by atoms with Gasteiger partial charge in [0.2, 0.25) is 0 Å². The maximum atomic E-state index is 11.8. The number of carboxylic acids is 1. The maximum Gasteiger partial charge on any atom is 0.327 e. The first-order chi connectivity index (χ1) is 6.69. The standard InChI is InChI=1S/C8H9I2NO3S/c1-7(2)3(4(12)13)11-5(14)8(9,10)6(11)15-7/h3,6H,1-2H3,(H,12,13)/t3-,6+/m0/s1. The van der Waals surface area contributed by atoms with Crippen LogP contribution in [0.2, 0.25) is 0 Å². The highest BCUT2D eigenvalue weighted by atomic mass is 127. The van der Waals surface area contributed by atoms with Crippen LogP contribution in [0.5, 0.6) is 0 Å². The molecule has 2 atom stereocenters. The normalized spacial score (nSPS) is 36.0. The van der Waals surface area contributed by atoms with Crippen molar-refractivity contribution in [3.8, 4) is 0 Å². The zero-order valence-corrected chi connectivity index (χ0v) is 13.2. The van der Waals surface area contributed by atoms with Crippen molar-refractivity contribution < 1.29 is 14.7 Å². The van der Waals surface area contributed by atoms with Crippen molar-refractivity contribution in [3.05, 3.63) is 0 Å². The van der Waals surface area contributed by atoms with Crippen LogP contribution >= 0.6 is 56.9 Å². The van der Waals surface area contributed by atoms with Crippen LogP contribution < -0.4 is 0 Å². The van der Waals surface area contributed by atoms with E-state index >= 15 is 0 Å². The molecule has 0 unspecified atom stereocenters. The zero-order chi connectivity index (χ0) is 11.6. The van der Waals surface area contributed by atoms with E-state index < -0.39 is 18.2 Å². The molecule has 2 aliphatic rings. The van der Waals surface area contributed by atoms with Crippen molar-refractivity contribution in [2.45, 2.75) is 31.4 Å². The highest BCUT2D eigenvalue weighted by Crippen LogP contribution is 2.60. The summed E-state index contributed by atoms with van der Waals surface area (Å²) in [7, 11) is 0. The lowest BCUT2D eigenvalue weighted by atomic mass is 9.98. The van der Waals surface area contributed by atoms with Gasteiger partial charge in [-0.2, -0.15) is 0 Å². The molecular weight excluding hydrogens is 444 g/mol. The van der Waals surface area contributed by atoms with Gasteiger partial charge in [-0.3, -0.25) is 4.79 Å². The monoisotopic (exact) mass is 453 g/mol. The van der Waals surface area contributed by atoms with Crippen molar-refractivity contribution in [2.24, 2.45) is 0 Å². The third-order valence-electron chi connectivity index (χ3n) is 2.67. The summed E-state index contributed by atoms with van der Waals surface area (Å²) in [5.74, 6) is -0.981. The van der Waals surface area contributed by atoms with Gasteiger partial charge in [0, 0.05) is 4.75 Å². The molecule has 0 bridgehead atoms. The lowest BCUT2D eigenvalue weighted by molar-refractivity contribution is -0.156. The van der Waals surface area contributed by atoms with Crippen LogP contribution in [-0.4, -0.2) is 39.5 Å². The summed E-state index contributed by atoms with van der Waals surface area (Å²) in [6.07, 6.45) is 0. The molecular formula is C8H9I2NO3S. The number of alkyl halides is 2. The lowest BCUT2D eigenvalue weighted by Gasteiger charge is -2.46. The molecule has 7 heteroatoms. The summed E-state index contributed by atoms with van der Waals surface area (Å²) >= 11 is 5.78. The van der Waals surface area contributed by atoms with Gasteiger partial charge in [0.15, 0.2) is 1.43 Å². The molecule has 2 heterocycles. The number of amides is 1. The number of carbonyl (C=O) groups is 2. The molecule has 1 N–H and O–H groups in total. The highest BCUT2D eigenvalue weighted by molar-refractivity contribution is 14.2. The molecule has 2 saturated heterocycles. The topological polar surface area (TPSA) is 57.6 Å². The minimum absolute atomic E-state index is 0.0118. The first kappa shape index (κ1) is 12.2. The number of fused-ring (bicyclic) bond motifs is 1. The molecule has 4 nitrogen and oxygen atoms in total. The average molecular weight is 453 g/mol. The second-order valence-electron chi connectivity index (χ2n) is 4.15. The predicted octanol–water partition coefficient (Wildman–Crippen LogP) is 1.70. The lowest BCUT2D eigenvalue weighted by Crippen LogP contribution is -2.67. The molecule has 0 spiro atoms. The number of carboxylic acid groups (broad SMARTS) is 1. The second-order valence-corrected chi connectivity index (χ2v) is 11.4. The van der Waals surface area contributed by atoms with Gasteiger partial charge < -0.3 is 10.0 Å². The Hall–Kier alpha value is 0.750. The van der Waals surface area contributed by atoms with Crippen LogP contribution in [0.3, 0.4) is 0 Å². The van der Waals surface area contributed by atoms with Crippen LogP contribution in [0.15, 0.2) is 0 Å². The molecule has 0 aromatic rings. The minimum Gasteiger partial charge on any atom is -0.480 e. The van der Waals surface area contributed by atoms with Gasteiger partial charge in [-0.1, -0.05) is 45.2 Å². The largest absolute Gasteiger partial charge is 0.480 e. The third kappa shape index (κ3) is 1.52. The Morgan fingerprint density at radius 2 is 2.07 bits per heavy atom. The van der Waals surface area contributed by atoms with Crippen LogP contribution in [0.4, 0.5) is 0 Å². The smallest absolute Gasteiger partial charge is 0.327 e. The molecule has 0 aromatic heterocycles. The van der Waals surface area contributed by atoms with Crippen LogP contribution in [0.1, 0.15) is 13.8 Å². The van der Waals surface area contributed by atoms with Gasteiger partial charge in [-0.15, -0.1) is 11.8 Å². The number of rotatable bonds is 1. The average Bonchev–Trinajstić information content (AvgIpc) is 2.35. The summed E-state index contributed by atoms with van der Waals surface area (Å²) in [5, 5.41) is 9.14. The number of β-lactam (4-membered cyclic amide) rings is 1. The van der Waals surface area contributed by atoms with Crippen LogP contribution in [-0.2, 0) is 9.59 Å². The number of hydrogen-bond donors (Lipinski definition) is 1. The van der Waals surface area contributed by atoms with Crippen LogP contribution in [0, 0.1) is 0 Å². The minimum atomic E-state index is -0.911. The molecule has 0 radical (unpaired) electrons. The maximum absolute atomic E-state index is 11.8. The van der Waals surface area contributed by atoms with Gasteiger partial charge in [0.25, 0.3) is 5.91 Å². The number of aliphatic carboxylic acids is 1. The fraction of sp³-hybridized carbons (Fsp3) is 0.750. The van der Waals surface area contributed by atoms with E-state index in [4.69, 9.17) is 5.11 Å². The molecule has 1 amide bonds. The van der Waals surface area contributed by atoms with E-state index in [2.05, 4.69) is 45.2 Å². The first-order valence-electron chi connectivity index (χ1n) is 4.31. The molecule has 15 heavy (non-hydrogen) atoms. The second kappa shape index (κ2) is 3.37. The Bertz CT molecular complexity index is 358. The molecule has 0 aromatic carbocycles. The molecule has 2 aliphatic heterocycles. The van der Waals surface area contributed by atoms with Crippen LogP contribution in [0.25, 0.3) is 0 Å². The fourth-order valence-corrected chi connectivity index (χ4v) is 5.40. The first-order valence-corrected chi connectivity index (χ1v) is 7.34. The van der Waals surface area contributed by atoms with E-state index in [1.165, 1.54) is 4.90 Å². The van der Waals surface area contributed by atoms with Crippen molar-refractivity contribution in [1.82, 2.24) is 4.90 Å². The van der Waals surface area contributed by atoms with E-state index in [1.807, 2.05) is 13.8 Å². The van der Waals surface area contributed by atoms with Gasteiger partial charge in [0.05, 0.1) is 0 Å². The molecule has 84 valence electrons. The summed E-state index contributed by atoms with van der Waals surface area (Å²) in [6.45, 7) is 3.76.